The van der Waals surface area contributed by atoms with Gasteiger partial charge in [0.05, 0.1) is 11.3 Å². The van der Waals surface area contributed by atoms with Crippen LogP contribution in [0.25, 0.3) is 0 Å². The molecule has 0 spiro atoms. The van der Waals surface area contributed by atoms with Crippen molar-refractivity contribution >= 4 is 29.0 Å². The molecule has 0 saturated carbocycles. The van der Waals surface area contributed by atoms with Crippen molar-refractivity contribution in [3.05, 3.63) is 72.1 Å². The molecule has 0 atom stereocenters. The van der Waals surface area contributed by atoms with E-state index in [1.54, 1.807) is 24.3 Å². The van der Waals surface area contributed by atoms with E-state index in [1.807, 2.05) is 43.3 Å². The van der Waals surface area contributed by atoms with Gasteiger partial charge in [0.1, 0.15) is 17.5 Å². The third-order valence-corrected chi connectivity index (χ3v) is 3.91. The zero-order chi connectivity index (χ0) is 18.5. The average Bonchev–Trinajstić information content (AvgIpc) is 2.63. The van der Waals surface area contributed by atoms with Crippen molar-refractivity contribution in [1.82, 2.24) is 9.97 Å². The van der Waals surface area contributed by atoms with Crippen LogP contribution >= 0.6 is 0 Å². The fourth-order valence-electron chi connectivity index (χ4n) is 2.76. The summed E-state index contributed by atoms with van der Waals surface area (Å²) in [5.74, 6) is 0.919. The largest absolute Gasteiger partial charge is 0.478 e. The van der Waals surface area contributed by atoms with Crippen LogP contribution in [0.2, 0.25) is 0 Å². The lowest BCUT2D eigenvalue weighted by molar-refractivity contribution is 0.0698. The number of aromatic carboxylic acids is 1. The van der Waals surface area contributed by atoms with Crippen LogP contribution in [0.4, 0.5) is 23.0 Å². The molecule has 1 heterocycles. The smallest absolute Gasteiger partial charge is 0.337 e. The van der Waals surface area contributed by atoms with Crippen molar-refractivity contribution in [3.63, 3.8) is 0 Å². The Labute approximate surface area is 152 Å². The Bertz CT molecular complexity index is 913. The van der Waals surface area contributed by atoms with E-state index < -0.39 is 5.97 Å². The topological polar surface area (TPSA) is 78.4 Å². The van der Waals surface area contributed by atoms with Gasteiger partial charge in [-0.1, -0.05) is 30.3 Å². The van der Waals surface area contributed by atoms with E-state index in [9.17, 15) is 9.90 Å². The number of nitrogens with zero attached hydrogens (tertiary/aromatic N) is 3. The lowest BCUT2D eigenvalue weighted by atomic mass is 10.2. The van der Waals surface area contributed by atoms with Gasteiger partial charge in [-0.2, -0.15) is 0 Å². The first-order valence-corrected chi connectivity index (χ1v) is 8.36. The van der Waals surface area contributed by atoms with E-state index in [0.717, 1.165) is 18.1 Å². The van der Waals surface area contributed by atoms with Crippen LogP contribution in [0.3, 0.4) is 0 Å². The van der Waals surface area contributed by atoms with Gasteiger partial charge in [-0.25, -0.2) is 14.8 Å². The molecule has 6 nitrogen and oxygen atoms in total. The van der Waals surface area contributed by atoms with Gasteiger partial charge in [-0.15, -0.1) is 0 Å². The Morgan fingerprint density at radius 2 is 1.77 bits per heavy atom. The maximum Gasteiger partial charge on any atom is 0.337 e. The molecule has 0 aliphatic rings. The predicted octanol–water partition coefficient (Wildman–Crippen LogP) is 4.38. The molecule has 0 aliphatic carbocycles. The number of aryl methyl sites for hydroxylation is 1. The molecule has 3 aromatic rings. The highest BCUT2D eigenvalue weighted by Gasteiger charge is 2.13. The van der Waals surface area contributed by atoms with Crippen LogP contribution in [0.1, 0.15) is 23.1 Å². The molecular formula is C20H20N4O2. The van der Waals surface area contributed by atoms with Crippen LogP contribution in [0.15, 0.2) is 60.7 Å². The minimum Gasteiger partial charge on any atom is -0.478 e. The number of carboxylic acid groups (broad SMARTS) is 1. The van der Waals surface area contributed by atoms with Gasteiger partial charge < -0.3 is 15.3 Å². The third kappa shape index (κ3) is 3.80. The van der Waals surface area contributed by atoms with Crippen LogP contribution < -0.4 is 10.2 Å². The number of anilines is 4. The van der Waals surface area contributed by atoms with Gasteiger partial charge in [0.25, 0.3) is 0 Å². The maximum atomic E-state index is 11.4. The predicted molar refractivity (Wildman–Crippen MR) is 103 cm³/mol. The number of nitrogens with one attached hydrogen (secondary N) is 1. The molecular weight excluding hydrogens is 328 g/mol. The molecule has 3 rings (SSSR count). The summed E-state index contributed by atoms with van der Waals surface area (Å²) in [6.45, 7) is 4.61. The average molecular weight is 348 g/mol. The number of benzene rings is 2. The number of hydrogen-bond donors (Lipinski definition) is 2. The van der Waals surface area contributed by atoms with Crippen molar-refractivity contribution in [2.75, 3.05) is 16.8 Å². The fourth-order valence-corrected chi connectivity index (χ4v) is 2.76. The zero-order valence-electron chi connectivity index (χ0n) is 14.7. The van der Waals surface area contributed by atoms with Crippen LogP contribution in [0, 0.1) is 6.92 Å². The molecule has 0 radical (unpaired) electrons. The zero-order valence-corrected chi connectivity index (χ0v) is 14.7. The monoisotopic (exact) mass is 348 g/mol. The number of aromatic nitrogens is 2. The molecule has 0 amide bonds. The molecule has 0 aliphatic heterocycles. The Morgan fingerprint density at radius 1 is 1.08 bits per heavy atom. The highest BCUT2D eigenvalue weighted by Crippen LogP contribution is 2.27. The van der Waals surface area contributed by atoms with Crippen molar-refractivity contribution in [2.45, 2.75) is 13.8 Å². The minimum absolute atomic E-state index is 0.195. The normalized spacial score (nSPS) is 10.4. The van der Waals surface area contributed by atoms with E-state index >= 15 is 0 Å². The second-order valence-electron chi connectivity index (χ2n) is 5.71. The first-order chi connectivity index (χ1) is 12.6. The summed E-state index contributed by atoms with van der Waals surface area (Å²) in [4.78, 5) is 22.4. The molecule has 2 aromatic carbocycles. The summed E-state index contributed by atoms with van der Waals surface area (Å²) < 4.78 is 0. The Hall–Kier alpha value is -3.41. The third-order valence-electron chi connectivity index (χ3n) is 3.91. The number of hydrogen-bond acceptors (Lipinski definition) is 5. The van der Waals surface area contributed by atoms with Crippen LogP contribution in [-0.2, 0) is 0 Å². The molecule has 6 heteroatoms. The SMILES string of the molecule is CCN(c1ccccc1)c1cc(Nc2ccccc2C(=O)O)nc(C)n1. The molecule has 0 bridgehead atoms. The molecule has 26 heavy (non-hydrogen) atoms. The van der Waals surface area contributed by atoms with E-state index in [4.69, 9.17) is 0 Å². The molecule has 0 unspecified atom stereocenters. The standard InChI is InChI=1S/C20H20N4O2/c1-3-24(15-9-5-4-6-10-15)19-13-18(21-14(2)22-19)23-17-12-8-7-11-16(17)20(25)26/h4-13H,3H2,1-2H3,(H,25,26)(H,21,22,23). The maximum absolute atomic E-state index is 11.4. The first-order valence-electron chi connectivity index (χ1n) is 8.36. The van der Waals surface area contributed by atoms with Gasteiger partial charge in [0, 0.05) is 18.3 Å². The number of carbonyl (C=O) groups is 1. The molecule has 0 fully saturated rings. The number of carboxylic acids is 1. The molecule has 1 aromatic heterocycles. The first kappa shape index (κ1) is 17.4. The van der Waals surface area contributed by atoms with E-state index in [-0.39, 0.29) is 5.56 Å². The van der Waals surface area contributed by atoms with E-state index in [0.29, 0.717) is 17.3 Å². The summed E-state index contributed by atoms with van der Waals surface area (Å²) in [5, 5.41) is 12.5. The van der Waals surface area contributed by atoms with Crippen LogP contribution in [0.5, 0.6) is 0 Å². The summed E-state index contributed by atoms with van der Waals surface area (Å²) in [5.41, 5.74) is 1.72. The number of rotatable bonds is 6. The van der Waals surface area contributed by atoms with Crippen LogP contribution in [-0.4, -0.2) is 27.6 Å². The lowest BCUT2D eigenvalue weighted by Crippen LogP contribution is -2.18. The Balaban J connectivity index is 1.97. The second kappa shape index (κ2) is 7.65. The van der Waals surface area contributed by atoms with E-state index in [2.05, 4.69) is 27.1 Å². The van der Waals surface area contributed by atoms with Gasteiger partial charge in [0.2, 0.25) is 0 Å². The Kier molecular flexibility index (Phi) is 5.12. The quantitative estimate of drug-likeness (QED) is 0.688. The second-order valence-corrected chi connectivity index (χ2v) is 5.71. The summed E-state index contributed by atoms with van der Waals surface area (Å²) in [7, 11) is 0. The highest BCUT2D eigenvalue weighted by molar-refractivity contribution is 5.95. The van der Waals surface area contributed by atoms with Gasteiger partial charge >= 0.3 is 5.97 Å². The van der Waals surface area contributed by atoms with Crippen molar-refractivity contribution in [3.8, 4) is 0 Å². The highest BCUT2D eigenvalue weighted by atomic mass is 16.4. The van der Waals surface area contributed by atoms with E-state index in [1.165, 1.54) is 0 Å². The van der Waals surface area contributed by atoms with Crippen molar-refractivity contribution < 1.29 is 9.90 Å². The molecule has 2 N–H and O–H groups in total. The number of para-hydroxylation sites is 2. The fraction of sp³-hybridized carbons (Fsp3) is 0.150. The molecule has 132 valence electrons. The van der Waals surface area contributed by atoms with Gasteiger partial charge in [-0.3, -0.25) is 0 Å². The minimum atomic E-state index is -0.987. The van der Waals surface area contributed by atoms with Crippen molar-refractivity contribution in [2.24, 2.45) is 0 Å². The lowest BCUT2D eigenvalue weighted by Gasteiger charge is -2.23. The van der Waals surface area contributed by atoms with Crippen molar-refractivity contribution in [1.29, 1.82) is 0 Å². The van der Waals surface area contributed by atoms with Gasteiger partial charge in [0.15, 0.2) is 0 Å². The summed E-state index contributed by atoms with van der Waals surface area (Å²) in [6.07, 6.45) is 0. The summed E-state index contributed by atoms with van der Waals surface area (Å²) in [6, 6.07) is 18.5. The molecule has 0 saturated heterocycles. The Morgan fingerprint density at radius 3 is 2.46 bits per heavy atom. The summed E-state index contributed by atoms with van der Waals surface area (Å²) >= 11 is 0. The van der Waals surface area contributed by atoms with Gasteiger partial charge in [-0.05, 0) is 38.1 Å².